The first-order valence-corrected chi connectivity index (χ1v) is 8.74. The van der Waals surface area contributed by atoms with Crippen molar-refractivity contribution in [2.24, 2.45) is 0 Å². The van der Waals surface area contributed by atoms with Gasteiger partial charge in [0.15, 0.2) is 11.7 Å². The van der Waals surface area contributed by atoms with Crippen LogP contribution in [0.15, 0.2) is 42.5 Å². The summed E-state index contributed by atoms with van der Waals surface area (Å²) in [7, 11) is 0. The van der Waals surface area contributed by atoms with Gasteiger partial charge in [0.25, 0.3) is 5.91 Å². The number of aromatic nitrogens is 1. The van der Waals surface area contributed by atoms with Crippen LogP contribution in [0.4, 0.5) is 5.13 Å². The van der Waals surface area contributed by atoms with Crippen LogP contribution in [0, 0.1) is 6.92 Å². The van der Waals surface area contributed by atoms with Crippen LogP contribution in [0.5, 0.6) is 5.75 Å². The Morgan fingerprint density at radius 1 is 1.21 bits per heavy atom. The highest BCUT2D eigenvalue weighted by molar-refractivity contribution is 7.22. The zero-order chi connectivity index (χ0) is 17.1. The highest BCUT2D eigenvalue weighted by Gasteiger charge is 2.12. The molecule has 2 aromatic carbocycles. The van der Waals surface area contributed by atoms with E-state index in [9.17, 15) is 4.79 Å². The van der Waals surface area contributed by atoms with Crippen LogP contribution in [-0.4, -0.2) is 17.5 Å². The fourth-order valence-electron chi connectivity index (χ4n) is 2.53. The van der Waals surface area contributed by atoms with E-state index >= 15 is 0 Å². The van der Waals surface area contributed by atoms with Crippen molar-refractivity contribution < 1.29 is 9.53 Å². The van der Waals surface area contributed by atoms with Crippen LogP contribution in [-0.2, 0) is 4.79 Å². The van der Waals surface area contributed by atoms with Gasteiger partial charge in [0.1, 0.15) is 5.75 Å². The molecule has 3 rings (SSSR count). The van der Waals surface area contributed by atoms with E-state index in [-0.39, 0.29) is 12.5 Å². The predicted octanol–water partition coefficient (Wildman–Crippen LogP) is 4.75. The third-order valence-electron chi connectivity index (χ3n) is 3.77. The van der Waals surface area contributed by atoms with Gasteiger partial charge in [0, 0.05) is 0 Å². The minimum atomic E-state index is -0.203. The molecule has 0 spiro atoms. The summed E-state index contributed by atoms with van der Waals surface area (Å²) in [5, 5.41) is 3.42. The lowest BCUT2D eigenvalue weighted by Gasteiger charge is -2.13. The van der Waals surface area contributed by atoms with E-state index < -0.39 is 0 Å². The summed E-state index contributed by atoms with van der Waals surface area (Å²) in [5.74, 6) is 0.893. The molecule has 0 saturated heterocycles. The first-order chi connectivity index (χ1) is 11.5. The van der Waals surface area contributed by atoms with Crippen LogP contribution in [0.1, 0.15) is 30.9 Å². The molecule has 1 aromatic heterocycles. The molecule has 5 heteroatoms. The number of para-hydroxylation sites is 2. The Morgan fingerprint density at radius 2 is 2.00 bits per heavy atom. The third-order valence-corrected chi connectivity index (χ3v) is 4.70. The monoisotopic (exact) mass is 340 g/mol. The molecule has 1 heterocycles. The van der Waals surface area contributed by atoms with Gasteiger partial charge in [-0.1, -0.05) is 55.5 Å². The van der Waals surface area contributed by atoms with Crippen LogP contribution >= 0.6 is 11.3 Å². The fourth-order valence-corrected chi connectivity index (χ4v) is 3.49. The van der Waals surface area contributed by atoms with Gasteiger partial charge in [-0.2, -0.15) is 0 Å². The van der Waals surface area contributed by atoms with Crippen LogP contribution in [0.25, 0.3) is 10.2 Å². The first kappa shape index (κ1) is 16.5. The van der Waals surface area contributed by atoms with Crippen LogP contribution in [0.3, 0.4) is 0 Å². The summed E-state index contributed by atoms with van der Waals surface area (Å²) in [6.45, 7) is 6.19. The summed E-state index contributed by atoms with van der Waals surface area (Å²) >= 11 is 1.47. The molecule has 1 amide bonds. The van der Waals surface area contributed by atoms with Gasteiger partial charge >= 0.3 is 0 Å². The van der Waals surface area contributed by atoms with E-state index in [1.807, 2.05) is 49.4 Å². The number of hydrogen-bond acceptors (Lipinski definition) is 4. The second kappa shape index (κ2) is 7.01. The number of thiazole rings is 1. The van der Waals surface area contributed by atoms with Gasteiger partial charge in [-0.05, 0) is 36.1 Å². The van der Waals surface area contributed by atoms with Gasteiger partial charge < -0.3 is 4.74 Å². The number of fused-ring (bicyclic) bond motifs is 1. The zero-order valence-corrected chi connectivity index (χ0v) is 14.8. The van der Waals surface area contributed by atoms with Crippen molar-refractivity contribution in [2.75, 3.05) is 11.9 Å². The Bertz CT molecular complexity index is 871. The molecule has 124 valence electrons. The van der Waals surface area contributed by atoms with E-state index in [1.165, 1.54) is 11.3 Å². The molecule has 1 N–H and O–H groups in total. The molecule has 0 fully saturated rings. The molecule has 0 aliphatic carbocycles. The quantitative estimate of drug-likeness (QED) is 0.729. The van der Waals surface area contributed by atoms with Gasteiger partial charge in [0.2, 0.25) is 0 Å². The smallest absolute Gasteiger partial charge is 0.264 e. The molecule has 0 aliphatic rings. The van der Waals surface area contributed by atoms with E-state index in [4.69, 9.17) is 4.74 Å². The average molecular weight is 340 g/mol. The topological polar surface area (TPSA) is 51.2 Å². The SMILES string of the molecule is Cc1cccc2sc(NC(=O)COc3ccccc3C(C)C)nc12. The Morgan fingerprint density at radius 3 is 2.75 bits per heavy atom. The average Bonchev–Trinajstić information content (AvgIpc) is 2.97. The van der Waals surface area contributed by atoms with Crippen molar-refractivity contribution in [3.05, 3.63) is 53.6 Å². The van der Waals surface area contributed by atoms with E-state index in [2.05, 4.69) is 24.1 Å². The van der Waals surface area contributed by atoms with Crippen molar-refractivity contribution in [3.63, 3.8) is 0 Å². The maximum absolute atomic E-state index is 12.2. The van der Waals surface area contributed by atoms with E-state index in [0.29, 0.717) is 11.0 Å². The first-order valence-electron chi connectivity index (χ1n) is 7.92. The largest absolute Gasteiger partial charge is 0.483 e. The van der Waals surface area contributed by atoms with Crippen molar-refractivity contribution in [2.45, 2.75) is 26.7 Å². The Kier molecular flexibility index (Phi) is 4.81. The van der Waals surface area contributed by atoms with Gasteiger partial charge in [-0.25, -0.2) is 4.98 Å². The number of anilines is 1. The molecule has 24 heavy (non-hydrogen) atoms. The number of carbonyl (C=O) groups is 1. The maximum atomic E-state index is 12.2. The lowest BCUT2D eigenvalue weighted by molar-refractivity contribution is -0.118. The van der Waals surface area contributed by atoms with Gasteiger partial charge in [0.05, 0.1) is 10.2 Å². The maximum Gasteiger partial charge on any atom is 0.264 e. The third kappa shape index (κ3) is 3.57. The fraction of sp³-hybridized carbons (Fsp3) is 0.263. The Hall–Kier alpha value is -2.40. The second-order valence-electron chi connectivity index (χ2n) is 5.97. The number of ether oxygens (including phenoxy) is 1. The summed E-state index contributed by atoms with van der Waals surface area (Å²) < 4.78 is 6.76. The molecule has 0 saturated carbocycles. The second-order valence-corrected chi connectivity index (χ2v) is 7.00. The van der Waals surface area contributed by atoms with Crippen LogP contribution in [0.2, 0.25) is 0 Å². The van der Waals surface area contributed by atoms with Gasteiger partial charge in [-0.15, -0.1) is 0 Å². The Balaban J connectivity index is 1.66. The van der Waals surface area contributed by atoms with Gasteiger partial charge in [-0.3, -0.25) is 10.1 Å². The van der Waals surface area contributed by atoms with Crippen molar-refractivity contribution in [1.29, 1.82) is 0 Å². The summed E-state index contributed by atoms with van der Waals surface area (Å²) in [5.41, 5.74) is 3.14. The van der Waals surface area contributed by atoms with Crippen molar-refractivity contribution in [1.82, 2.24) is 4.98 Å². The van der Waals surface area contributed by atoms with Crippen molar-refractivity contribution in [3.8, 4) is 5.75 Å². The number of carbonyl (C=O) groups excluding carboxylic acids is 1. The Labute approximate surface area is 145 Å². The lowest BCUT2D eigenvalue weighted by atomic mass is 10.0. The summed E-state index contributed by atoms with van der Waals surface area (Å²) in [4.78, 5) is 16.6. The number of nitrogens with one attached hydrogen (secondary N) is 1. The standard InChI is InChI=1S/C19H20N2O2S/c1-12(2)14-8-4-5-9-15(14)23-11-17(22)20-19-21-18-13(3)7-6-10-16(18)24-19/h4-10,12H,11H2,1-3H3,(H,20,21,22). The number of benzene rings is 2. The van der Waals surface area contributed by atoms with E-state index in [0.717, 1.165) is 27.1 Å². The molecule has 0 aliphatic heterocycles. The summed E-state index contributed by atoms with van der Waals surface area (Å²) in [6, 6.07) is 13.8. The molecule has 0 atom stereocenters. The number of rotatable bonds is 5. The number of aryl methyl sites for hydroxylation is 1. The highest BCUT2D eigenvalue weighted by atomic mass is 32.1. The number of amides is 1. The summed E-state index contributed by atoms with van der Waals surface area (Å²) in [6.07, 6.45) is 0. The van der Waals surface area contributed by atoms with Crippen molar-refractivity contribution >= 4 is 32.6 Å². The van der Waals surface area contributed by atoms with E-state index in [1.54, 1.807) is 0 Å². The highest BCUT2D eigenvalue weighted by Crippen LogP contribution is 2.28. The normalized spacial score (nSPS) is 11.0. The molecular formula is C19H20N2O2S. The number of hydrogen-bond donors (Lipinski definition) is 1. The molecule has 4 nitrogen and oxygen atoms in total. The molecule has 0 radical (unpaired) electrons. The molecule has 3 aromatic rings. The molecular weight excluding hydrogens is 320 g/mol. The van der Waals surface area contributed by atoms with Crippen LogP contribution < -0.4 is 10.1 Å². The lowest BCUT2D eigenvalue weighted by Crippen LogP contribution is -2.20. The number of nitrogens with zero attached hydrogens (tertiary/aromatic N) is 1. The predicted molar refractivity (Wildman–Crippen MR) is 99.0 cm³/mol. The zero-order valence-electron chi connectivity index (χ0n) is 14.0. The minimum Gasteiger partial charge on any atom is -0.483 e. The molecule has 0 bridgehead atoms. The minimum absolute atomic E-state index is 0.0291. The molecule has 0 unspecified atom stereocenters.